The maximum Gasteiger partial charge on any atom is 0.120 e. The molecule has 0 saturated carbocycles. The second-order valence-corrected chi connectivity index (χ2v) is 5.10. The van der Waals surface area contributed by atoms with E-state index < -0.39 is 0 Å². The minimum absolute atomic E-state index is 0.153. The van der Waals surface area contributed by atoms with Crippen LogP contribution in [0, 0.1) is 12.8 Å². The highest BCUT2D eigenvalue weighted by Gasteiger charge is 2.00. The molecule has 5 nitrogen and oxygen atoms in total. The van der Waals surface area contributed by atoms with Gasteiger partial charge in [0.25, 0.3) is 0 Å². The Kier molecular flexibility index (Phi) is 8.88. The molecule has 110 valence electrons. The largest absolute Gasteiger partial charge is 0.491 e. The average Bonchev–Trinajstić information content (AvgIpc) is 2.32. The van der Waals surface area contributed by atoms with Gasteiger partial charge >= 0.3 is 0 Å². The zero-order valence-electron chi connectivity index (χ0n) is 12.8. The summed E-state index contributed by atoms with van der Waals surface area (Å²) in [4.78, 5) is 12.4. The van der Waals surface area contributed by atoms with Crippen molar-refractivity contribution in [3.8, 4) is 5.75 Å². The van der Waals surface area contributed by atoms with Gasteiger partial charge in [0.15, 0.2) is 0 Å². The van der Waals surface area contributed by atoms with Crippen molar-refractivity contribution >= 4 is 12.0 Å². The molecule has 0 aliphatic carbocycles. The molecule has 0 bridgehead atoms. The molecule has 20 heavy (non-hydrogen) atoms. The lowest BCUT2D eigenvalue weighted by Gasteiger charge is -2.10. The summed E-state index contributed by atoms with van der Waals surface area (Å²) < 4.78 is 5.49. The van der Waals surface area contributed by atoms with Crippen LogP contribution in [0.4, 0.5) is 5.69 Å². The highest BCUT2D eigenvalue weighted by Crippen LogP contribution is 2.24. The minimum Gasteiger partial charge on any atom is -0.491 e. The molecule has 1 aromatic carbocycles. The van der Waals surface area contributed by atoms with E-state index in [2.05, 4.69) is 10.0 Å². The van der Waals surface area contributed by atoms with Crippen molar-refractivity contribution in [1.82, 2.24) is 0 Å². The number of aldehydes is 1. The molecular weight excluding hydrogens is 254 g/mol. The van der Waals surface area contributed by atoms with E-state index in [-0.39, 0.29) is 6.10 Å². The van der Waals surface area contributed by atoms with E-state index in [1.165, 1.54) is 0 Å². The average molecular weight is 277 g/mol. The first kappa shape index (κ1) is 18.0. The van der Waals surface area contributed by atoms with E-state index in [1.54, 1.807) is 12.1 Å². The first-order valence-corrected chi connectivity index (χ1v) is 6.66. The van der Waals surface area contributed by atoms with Gasteiger partial charge in [-0.3, -0.25) is 0 Å². The van der Waals surface area contributed by atoms with Gasteiger partial charge in [0.1, 0.15) is 12.0 Å². The Morgan fingerprint density at radius 2 is 2.00 bits per heavy atom. The monoisotopic (exact) mass is 277 g/mol. The van der Waals surface area contributed by atoms with Crippen LogP contribution in [-0.4, -0.2) is 12.4 Å². The number of aryl methyl sites for hydroxylation is 1. The Labute approximate surface area is 120 Å². The number of nitrogens with zero attached hydrogens (tertiary/aromatic N) is 3. The van der Waals surface area contributed by atoms with Gasteiger partial charge in [-0.1, -0.05) is 19.0 Å². The molecule has 0 spiro atoms. The van der Waals surface area contributed by atoms with Crippen LogP contribution in [0.2, 0.25) is 0 Å². The fourth-order valence-electron chi connectivity index (χ4n) is 1.33. The standard InChI is InChI=1S/C10H13N3O.C5H10O/c1-7(2)14-9-4-5-10(12-13-11)8(3)6-9;1-5(2)3-4-6/h4-7H,1-3H3;4-5H,3H2,1-2H3. The Balaban J connectivity index is 0.000000511. The Morgan fingerprint density at radius 3 is 2.35 bits per heavy atom. The van der Waals surface area contributed by atoms with Gasteiger partial charge in [0.05, 0.1) is 6.10 Å². The lowest BCUT2D eigenvalue weighted by molar-refractivity contribution is -0.108. The maximum absolute atomic E-state index is 9.62. The van der Waals surface area contributed by atoms with Crippen molar-refractivity contribution < 1.29 is 9.53 Å². The number of hydrogen-bond donors (Lipinski definition) is 0. The van der Waals surface area contributed by atoms with E-state index in [0.717, 1.165) is 17.6 Å². The molecule has 0 fully saturated rings. The topological polar surface area (TPSA) is 75.1 Å². The van der Waals surface area contributed by atoms with Gasteiger partial charge in [-0.15, -0.1) is 0 Å². The molecular formula is C15H23N3O2. The van der Waals surface area contributed by atoms with Crippen LogP contribution < -0.4 is 4.74 Å². The third-order valence-electron chi connectivity index (χ3n) is 2.26. The Morgan fingerprint density at radius 1 is 1.35 bits per heavy atom. The van der Waals surface area contributed by atoms with Gasteiger partial charge in [-0.25, -0.2) is 0 Å². The van der Waals surface area contributed by atoms with Crippen molar-refractivity contribution in [2.45, 2.75) is 47.1 Å². The molecule has 0 aliphatic heterocycles. The molecule has 0 heterocycles. The molecule has 0 N–H and O–H groups in total. The summed E-state index contributed by atoms with van der Waals surface area (Å²) in [5.74, 6) is 1.33. The number of rotatable bonds is 5. The first-order valence-electron chi connectivity index (χ1n) is 6.66. The molecule has 1 aromatic rings. The molecule has 5 heteroatoms. The number of azide groups is 1. The first-order chi connectivity index (χ1) is 9.40. The van der Waals surface area contributed by atoms with Crippen molar-refractivity contribution in [3.63, 3.8) is 0 Å². The SMILES string of the molecule is CC(C)CC=O.Cc1cc(OC(C)C)ccc1N=[N+]=[N-]. The zero-order valence-corrected chi connectivity index (χ0v) is 12.8. The summed E-state index contributed by atoms with van der Waals surface area (Å²) in [5.41, 5.74) is 9.85. The fraction of sp³-hybridized carbons (Fsp3) is 0.533. The molecule has 0 unspecified atom stereocenters. The number of hydrogen-bond acceptors (Lipinski definition) is 3. The van der Waals surface area contributed by atoms with Gasteiger partial charge in [0, 0.05) is 17.0 Å². The molecule has 1 rings (SSSR count). The highest BCUT2D eigenvalue weighted by molar-refractivity contribution is 5.49. The van der Waals surface area contributed by atoms with Gasteiger partial charge in [-0.05, 0) is 56.0 Å². The van der Waals surface area contributed by atoms with Crippen LogP contribution in [-0.2, 0) is 4.79 Å². The number of benzene rings is 1. The van der Waals surface area contributed by atoms with Gasteiger partial charge < -0.3 is 9.53 Å². The quantitative estimate of drug-likeness (QED) is 0.330. The van der Waals surface area contributed by atoms with Crippen molar-refractivity contribution in [3.05, 3.63) is 34.2 Å². The van der Waals surface area contributed by atoms with Crippen molar-refractivity contribution in [1.29, 1.82) is 0 Å². The van der Waals surface area contributed by atoms with Crippen LogP contribution in [0.15, 0.2) is 23.3 Å². The van der Waals surface area contributed by atoms with Gasteiger partial charge in [0.2, 0.25) is 0 Å². The minimum atomic E-state index is 0.153. The van der Waals surface area contributed by atoms with Crippen LogP contribution in [0.5, 0.6) is 5.75 Å². The summed E-state index contributed by atoms with van der Waals surface area (Å²) >= 11 is 0. The van der Waals surface area contributed by atoms with Crippen LogP contribution in [0.1, 0.15) is 39.7 Å². The lowest BCUT2D eigenvalue weighted by atomic mass is 10.2. The Bertz CT molecular complexity index is 464. The molecule has 0 amide bonds. The van der Waals surface area contributed by atoms with E-state index in [0.29, 0.717) is 18.0 Å². The highest BCUT2D eigenvalue weighted by atomic mass is 16.5. The molecule has 0 radical (unpaired) electrons. The number of ether oxygens (including phenoxy) is 1. The van der Waals surface area contributed by atoms with Crippen LogP contribution in [0.3, 0.4) is 0 Å². The third kappa shape index (κ3) is 8.16. The summed E-state index contributed by atoms with van der Waals surface area (Å²) in [6, 6.07) is 5.42. The zero-order chi connectivity index (χ0) is 15.5. The van der Waals surface area contributed by atoms with Crippen molar-refractivity contribution in [2.75, 3.05) is 0 Å². The van der Waals surface area contributed by atoms with Crippen molar-refractivity contribution in [2.24, 2.45) is 11.0 Å². The molecule has 0 aliphatic rings. The summed E-state index contributed by atoms with van der Waals surface area (Å²) in [6.07, 6.45) is 1.80. The number of carbonyl (C=O) groups is 1. The second-order valence-electron chi connectivity index (χ2n) is 5.10. The third-order valence-corrected chi connectivity index (χ3v) is 2.26. The predicted octanol–water partition coefficient (Wildman–Crippen LogP) is 4.96. The smallest absolute Gasteiger partial charge is 0.120 e. The number of carbonyl (C=O) groups excluding carboxylic acids is 1. The molecule has 0 saturated heterocycles. The predicted molar refractivity (Wildman–Crippen MR) is 81.3 cm³/mol. The van der Waals surface area contributed by atoms with E-state index in [9.17, 15) is 4.79 Å². The summed E-state index contributed by atoms with van der Waals surface area (Å²) in [7, 11) is 0. The fourth-order valence-corrected chi connectivity index (χ4v) is 1.33. The van der Waals surface area contributed by atoms with Crippen LogP contribution in [0.25, 0.3) is 10.4 Å². The van der Waals surface area contributed by atoms with Gasteiger partial charge in [-0.2, -0.15) is 0 Å². The normalized spacial score (nSPS) is 9.55. The Hall–Kier alpha value is -2.00. The molecule has 0 atom stereocenters. The molecule has 0 aromatic heterocycles. The maximum atomic E-state index is 9.62. The van der Waals surface area contributed by atoms with E-state index in [1.807, 2.05) is 40.7 Å². The van der Waals surface area contributed by atoms with E-state index >= 15 is 0 Å². The summed E-state index contributed by atoms with van der Waals surface area (Å²) in [6.45, 7) is 9.87. The lowest BCUT2D eigenvalue weighted by Crippen LogP contribution is -2.05. The van der Waals surface area contributed by atoms with E-state index in [4.69, 9.17) is 10.3 Å². The summed E-state index contributed by atoms with van der Waals surface area (Å²) in [5, 5.41) is 3.55. The van der Waals surface area contributed by atoms with Crippen LogP contribution >= 0.6 is 0 Å². The second kappa shape index (κ2) is 9.87.